The highest BCUT2D eigenvalue weighted by Crippen LogP contribution is 2.50. The molecule has 4 rings (SSSR count). The van der Waals surface area contributed by atoms with Gasteiger partial charge in [0.15, 0.2) is 11.4 Å². The summed E-state index contributed by atoms with van der Waals surface area (Å²) in [5.74, 6) is -1.36. The van der Waals surface area contributed by atoms with Crippen LogP contribution in [0.1, 0.15) is 27.4 Å². The topological polar surface area (TPSA) is 84.9 Å². The molecular weight excluding hydrogens is 453 g/mol. The molecule has 0 radical (unpaired) electrons. The van der Waals surface area contributed by atoms with Gasteiger partial charge in [-0.05, 0) is 54.1 Å². The average molecular weight is 472 g/mol. The second kappa shape index (κ2) is 8.47. The van der Waals surface area contributed by atoms with E-state index in [2.05, 4.69) is 5.32 Å². The number of ketones is 1. The molecule has 32 heavy (non-hydrogen) atoms. The van der Waals surface area contributed by atoms with Crippen LogP contribution >= 0.6 is 23.2 Å². The Labute approximate surface area is 194 Å². The van der Waals surface area contributed by atoms with Gasteiger partial charge in [-0.25, -0.2) is 0 Å². The first-order valence-corrected chi connectivity index (χ1v) is 10.4. The standard InChI is InChI=1S/C24H19Cl2NO5/c1-31-16-7-3-13(4-8-16)20(22(28)14-5-9-17(32-2)10-6-14)24(30)18-11-15(25)12-19(26)21(18)27-23(24)29/h3-12,20,30H,1-2H3,(H,27,29)/t20-,24-/m1/s1. The number of hydrogen-bond acceptors (Lipinski definition) is 5. The van der Waals surface area contributed by atoms with Crippen molar-refractivity contribution in [2.75, 3.05) is 19.5 Å². The third-order valence-corrected chi connectivity index (χ3v) is 6.07. The Kier molecular flexibility index (Phi) is 5.86. The maximum atomic E-state index is 13.7. The summed E-state index contributed by atoms with van der Waals surface area (Å²) in [6, 6.07) is 15.9. The fourth-order valence-corrected chi connectivity index (χ4v) is 4.46. The van der Waals surface area contributed by atoms with Gasteiger partial charge in [0.2, 0.25) is 0 Å². The molecule has 1 heterocycles. The largest absolute Gasteiger partial charge is 0.497 e. The van der Waals surface area contributed by atoms with Gasteiger partial charge in [0.1, 0.15) is 11.5 Å². The summed E-state index contributed by atoms with van der Waals surface area (Å²) in [5, 5.41) is 14.8. The summed E-state index contributed by atoms with van der Waals surface area (Å²) in [5.41, 5.74) is -1.15. The number of Topliss-reactive ketones (excluding diaryl/α,β-unsaturated/α-hetero) is 1. The normalized spacial score (nSPS) is 18.0. The lowest BCUT2D eigenvalue weighted by atomic mass is 9.74. The van der Waals surface area contributed by atoms with Gasteiger partial charge in [0.25, 0.3) is 5.91 Å². The molecule has 1 amide bonds. The van der Waals surface area contributed by atoms with E-state index >= 15 is 0 Å². The van der Waals surface area contributed by atoms with E-state index in [-0.39, 0.29) is 21.3 Å². The Morgan fingerprint density at radius 2 is 1.53 bits per heavy atom. The Hall–Kier alpha value is -3.06. The van der Waals surface area contributed by atoms with E-state index in [1.165, 1.54) is 26.4 Å². The highest BCUT2D eigenvalue weighted by atomic mass is 35.5. The molecule has 1 aliphatic rings. The number of anilines is 1. The summed E-state index contributed by atoms with van der Waals surface area (Å²) < 4.78 is 10.4. The lowest BCUT2D eigenvalue weighted by Crippen LogP contribution is -2.44. The Bertz CT molecular complexity index is 1190. The van der Waals surface area contributed by atoms with Crippen LogP contribution in [0.25, 0.3) is 0 Å². The molecule has 3 aromatic rings. The van der Waals surface area contributed by atoms with Crippen molar-refractivity contribution in [2.45, 2.75) is 11.5 Å². The van der Waals surface area contributed by atoms with Crippen LogP contribution in [0.3, 0.4) is 0 Å². The van der Waals surface area contributed by atoms with Crippen LogP contribution < -0.4 is 14.8 Å². The number of benzene rings is 3. The summed E-state index contributed by atoms with van der Waals surface area (Å²) >= 11 is 12.4. The van der Waals surface area contributed by atoms with Crippen molar-refractivity contribution in [3.63, 3.8) is 0 Å². The lowest BCUT2D eigenvalue weighted by Gasteiger charge is -2.31. The van der Waals surface area contributed by atoms with E-state index in [1.54, 1.807) is 48.5 Å². The van der Waals surface area contributed by atoms with E-state index < -0.39 is 23.2 Å². The van der Waals surface area contributed by atoms with Gasteiger partial charge >= 0.3 is 0 Å². The lowest BCUT2D eigenvalue weighted by molar-refractivity contribution is -0.135. The number of ether oxygens (including phenoxy) is 2. The van der Waals surface area contributed by atoms with E-state index in [4.69, 9.17) is 32.7 Å². The zero-order valence-corrected chi connectivity index (χ0v) is 18.7. The molecular formula is C24H19Cl2NO5. The maximum absolute atomic E-state index is 13.7. The van der Waals surface area contributed by atoms with E-state index in [1.807, 2.05) is 0 Å². The molecule has 2 atom stereocenters. The predicted molar refractivity (Wildman–Crippen MR) is 122 cm³/mol. The number of carbonyl (C=O) groups excluding carboxylic acids is 2. The monoisotopic (exact) mass is 471 g/mol. The van der Waals surface area contributed by atoms with Crippen LogP contribution in [0.4, 0.5) is 5.69 Å². The number of rotatable bonds is 6. The van der Waals surface area contributed by atoms with E-state index in [0.29, 0.717) is 22.6 Å². The Balaban J connectivity index is 1.91. The van der Waals surface area contributed by atoms with Gasteiger partial charge in [0, 0.05) is 16.1 Å². The van der Waals surface area contributed by atoms with Crippen molar-refractivity contribution >= 4 is 40.6 Å². The maximum Gasteiger partial charge on any atom is 0.262 e. The first-order valence-electron chi connectivity index (χ1n) is 9.65. The number of fused-ring (bicyclic) bond motifs is 1. The van der Waals surface area contributed by atoms with Gasteiger partial charge in [-0.15, -0.1) is 0 Å². The van der Waals surface area contributed by atoms with Gasteiger partial charge in [-0.2, -0.15) is 0 Å². The number of halogens is 2. The molecule has 0 aromatic heterocycles. The molecule has 0 spiro atoms. The summed E-state index contributed by atoms with van der Waals surface area (Å²) in [6.07, 6.45) is 0. The van der Waals surface area contributed by atoms with Gasteiger partial charge < -0.3 is 19.9 Å². The van der Waals surface area contributed by atoms with Gasteiger partial charge in [-0.3, -0.25) is 9.59 Å². The van der Waals surface area contributed by atoms with Gasteiger partial charge in [0.05, 0.1) is 30.8 Å². The minimum absolute atomic E-state index is 0.141. The molecule has 1 aliphatic heterocycles. The predicted octanol–water partition coefficient (Wildman–Crippen LogP) is 4.82. The van der Waals surface area contributed by atoms with Crippen molar-refractivity contribution in [1.29, 1.82) is 0 Å². The fraction of sp³-hybridized carbons (Fsp3) is 0.167. The molecule has 3 aromatic carbocycles. The van der Waals surface area contributed by atoms with Crippen molar-refractivity contribution in [3.8, 4) is 11.5 Å². The number of hydrogen-bond donors (Lipinski definition) is 2. The Morgan fingerprint density at radius 3 is 2.09 bits per heavy atom. The van der Waals surface area contributed by atoms with Crippen molar-refractivity contribution < 1.29 is 24.2 Å². The van der Waals surface area contributed by atoms with E-state index in [0.717, 1.165) is 0 Å². The SMILES string of the molecule is COc1ccc(C(=O)[C@@H](c2ccc(OC)cc2)[C@@]2(O)C(=O)Nc3c(Cl)cc(Cl)cc32)cc1. The zero-order valence-electron chi connectivity index (χ0n) is 17.2. The quantitative estimate of drug-likeness (QED) is 0.503. The minimum Gasteiger partial charge on any atom is -0.497 e. The number of nitrogens with one attached hydrogen (secondary N) is 1. The van der Waals surface area contributed by atoms with Crippen LogP contribution in [0.15, 0.2) is 60.7 Å². The van der Waals surface area contributed by atoms with Crippen LogP contribution in [0.2, 0.25) is 10.0 Å². The molecule has 0 unspecified atom stereocenters. The molecule has 6 nitrogen and oxygen atoms in total. The molecule has 8 heteroatoms. The van der Waals surface area contributed by atoms with Gasteiger partial charge in [-0.1, -0.05) is 35.3 Å². The minimum atomic E-state index is -2.24. The Morgan fingerprint density at radius 1 is 0.969 bits per heavy atom. The van der Waals surface area contributed by atoms with E-state index in [9.17, 15) is 14.7 Å². The van der Waals surface area contributed by atoms with Crippen molar-refractivity contribution in [2.24, 2.45) is 0 Å². The summed E-state index contributed by atoms with van der Waals surface area (Å²) in [7, 11) is 3.04. The zero-order chi connectivity index (χ0) is 23.0. The smallest absolute Gasteiger partial charge is 0.262 e. The van der Waals surface area contributed by atoms with Crippen LogP contribution in [0, 0.1) is 0 Å². The molecule has 164 valence electrons. The first kappa shape index (κ1) is 22.1. The van der Waals surface area contributed by atoms with Crippen LogP contribution in [0.5, 0.6) is 11.5 Å². The summed E-state index contributed by atoms with van der Waals surface area (Å²) in [4.78, 5) is 26.9. The fourth-order valence-electron chi connectivity index (χ4n) is 3.92. The van der Waals surface area contributed by atoms with Crippen molar-refractivity contribution in [3.05, 3.63) is 87.4 Å². The number of aliphatic hydroxyl groups is 1. The van der Waals surface area contributed by atoms with Crippen molar-refractivity contribution in [1.82, 2.24) is 0 Å². The third kappa shape index (κ3) is 3.60. The number of carbonyl (C=O) groups is 2. The molecule has 0 bridgehead atoms. The average Bonchev–Trinajstić information content (AvgIpc) is 3.05. The number of amides is 1. The second-order valence-electron chi connectivity index (χ2n) is 7.33. The molecule has 0 saturated carbocycles. The molecule has 0 saturated heterocycles. The third-order valence-electron chi connectivity index (χ3n) is 5.55. The highest BCUT2D eigenvalue weighted by Gasteiger charge is 2.55. The highest BCUT2D eigenvalue weighted by molar-refractivity contribution is 6.38. The van der Waals surface area contributed by atoms with Crippen LogP contribution in [-0.4, -0.2) is 31.0 Å². The number of methoxy groups -OCH3 is 2. The molecule has 0 aliphatic carbocycles. The van der Waals surface area contributed by atoms with Crippen LogP contribution in [-0.2, 0) is 10.4 Å². The molecule has 0 fully saturated rings. The summed E-state index contributed by atoms with van der Waals surface area (Å²) in [6.45, 7) is 0. The molecule has 2 N–H and O–H groups in total. The first-order chi connectivity index (χ1) is 15.3. The second-order valence-corrected chi connectivity index (χ2v) is 8.17.